The van der Waals surface area contributed by atoms with Crippen molar-refractivity contribution >= 4 is 34.8 Å². The van der Waals surface area contributed by atoms with E-state index in [0.717, 1.165) is 0 Å². The van der Waals surface area contributed by atoms with Gasteiger partial charge in [0.15, 0.2) is 0 Å². The van der Waals surface area contributed by atoms with E-state index in [1.165, 1.54) is 0 Å². The standard InChI is InChI=1S/C4H5Cl3/c1-2-3(5)4(6)7/h2,4H,1H3/b3-2-. The van der Waals surface area contributed by atoms with Gasteiger partial charge in [-0.1, -0.05) is 40.9 Å². The monoisotopic (exact) mass is 158 g/mol. The van der Waals surface area contributed by atoms with Crippen molar-refractivity contribution in [2.75, 3.05) is 0 Å². The highest BCUT2D eigenvalue weighted by Crippen LogP contribution is 2.16. The molecular weight excluding hydrogens is 154 g/mol. The van der Waals surface area contributed by atoms with E-state index < -0.39 is 4.84 Å². The van der Waals surface area contributed by atoms with Gasteiger partial charge in [0.1, 0.15) is 4.84 Å². The Hall–Kier alpha value is 0.610. The third-order valence-electron chi connectivity index (χ3n) is 0.484. The number of hydrogen-bond donors (Lipinski definition) is 0. The topological polar surface area (TPSA) is 0 Å². The molecule has 0 rings (SSSR count). The fourth-order valence-corrected chi connectivity index (χ4v) is 0.378. The summed E-state index contributed by atoms with van der Waals surface area (Å²) in [6.45, 7) is 1.78. The zero-order valence-electron chi connectivity index (χ0n) is 3.79. The summed E-state index contributed by atoms with van der Waals surface area (Å²) in [5, 5.41) is 0.475. The van der Waals surface area contributed by atoms with E-state index in [-0.39, 0.29) is 0 Å². The molecule has 7 heavy (non-hydrogen) atoms. The summed E-state index contributed by atoms with van der Waals surface area (Å²) in [6.07, 6.45) is 1.66. The molecule has 0 nitrogen and oxygen atoms in total. The van der Waals surface area contributed by atoms with Gasteiger partial charge in [0.25, 0.3) is 0 Å². The van der Waals surface area contributed by atoms with Crippen LogP contribution in [-0.2, 0) is 0 Å². The second kappa shape index (κ2) is 3.59. The third-order valence-corrected chi connectivity index (χ3v) is 1.61. The van der Waals surface area contributed by atoms with Crippen LogP contribution in [0.15, 0.2) is 11.1 Å². The first-order chi connectivity index (χ1) is 3.18. The molecule has 0 aliphatic carbocycles. The number of allylic oxidation sites excluding steroid dienone is 2. The van der Waals surface area contributed by atoms with E-state index in [1.807, 2.05) is 0 Å². The summed E-state index contributed by atoms with van der Waals surface area (Å²) in [6, 6.07) is 0. The summed E-state index contributed by atoms with van der Waals surface area (Å²) in [7, 11) is 0. The van der Waals surface area contributed by atoms with Crippen LogP contribution in [0.3, 0.4) is 0 Å². The highest BCUT2D eigenvalue weighted by Gasteiger charge is 1.99. The van der Waals surface area contributed by atoms with Crippen molar-refractivity contribution < 1.29 is 0 Å². The average Bonchev–Trinajstić information content (AvgIpc) is 1.65. The smallest absolute Gasteiger partial charge is 0.0991 e. The van der Waals surface area contributed by atoms with Gasteiger partial charge in [-0.3, -0.25) is 0 Å². The van der Waals surface area contributed by atoms with Crippen molar-refractivity contribution in [1.29, 1.82) is 0 Å². The van der Waals surface area contributed by atoms with E-state index in [2.05, 4.69) is 0 Å². The lowest BCUT2D eigenvalue weighted by Crippen LogP contribution is -1.82. The average molecular weight is 159 g/mol. The Morgan fingerprint density at radius 3 is 2.00 bits per heavy atom. The Balaban J connectivity index is 3.56. The van der Waals surface area contributed by atoms with Crippen molar-refractivity contribution in [3.63, 3.8) is 0 Å². The lowest BCUT2D eigenvalue weighted by molar-refractivity contribution is 1.50. The Bertz CT molecular complexity index is 75.0. The Labute approximate surface area is 58.1 Å². The van der Waals surface area contributed by atoms with Gasteiger partial charge in [-0.15, -0.1) is 0 Å². The summed E-state index contributed by atoms with van der Waals surface area (Å²) in [5.41, 5.74) is 0. The summed E-state index contributed by atoms with van der Waals surface area (Å²) in [4.78, 5) is -0.563. The summed E-state index contributed by atoms with van der Waals surface area (Å²) >= 11 is 16.0. The molecule has 0 N–H and O–H groups in total. The van der Waals surface area contributed by atoms with Crippen LogP contribution in [0.25, 0.3) is 0 Å². The highest BCUT2D eigenvalue weighted by molar-refractivity contribution is 6.52. The molecule has 0 atom stereocenters. The van der Waals surface area contributed by atoms with Crippen LogP contribution < -0.4 is 0 Å². The second-order valence-electron chi connectivity index (χ2n) is 0.974. The van der Waals surface area contributed by atoms with Gasteiger partial charge >= 0.3 is 0 Å². The van der Waals surface area contributed by atoms with Gasteiger partial charge in [0.2, 0.25) is 0 Å². The van der Waals surface area contributed by atoms with Gasteiger partial charge in [-0.2, -0.15) is 0 Å². The first-order valence-electron chi connectivity index (χ1n) is 1.78. The molecule has 0 saturated heterocycles. The van der Waals surface area contributed by atoms with Crippen molar-refractivity contribution in [2.24, 2.45) is 0 Å². The van der Waals surface area contributed by atoms with Crippen LogP contribution >= 0.6 is 34.8 Å². The number of hydrogen-bond acceptors (Lipinski definition) is 0. The van der Waals surface area contributed by atoms with Crippen LogP contribution in [0.5, 0.6) is 0 Å². The van der Waals surface area contributed by atoms with Gasteiger partial charge in [-0.25, -0.2) is 0 Å². The zero-order chi connectivity index (χ0) is 5.86. The van der Waals surface area contributed by atoms with E-state index in [1.54, 1.807) is 13.0 Å². The third kappa shape index (κ3) is 3.22. The Kier molecular flexibility index (Phi) is 3.91. The molecule has 0 spiro atoms. The van der Waals surface area contributed by atoms with Crippen LogP contribution in [-0.4, -0.2) is 4.84 Å². The van der Waals surface area contributed by atoms with Gasteiger partial charge in [0, 0.05) is 5.03 Å². The summed E-state index contributed by atoms with van der Waals surface area (Å²) in [5.74, 6) is 0. The van der Waals surface area contributed by atoms with Gasteiger partial charge in [-0.05, 0) is 6.92 Å². The largest absolute Gasteiger partial charge is 0.142 e. The van der Waals surface area contributed by atoms with E-state index in [9.17, 15) is 0 Å². The molecule has 0 radical (unpaired) electrons. The Morgan fingerprint density at radius 2 is 2.00 bits per heavy atom. The van der Waals surface area contributed by atoms with Crippen LogP contribution in [0.1, 0.15) is 6.92 Å². The molecule has 42 valence electrons. The molecule has 0 bridgehead atoms. The molecule has 0 saturated carbocycles. The van der Waals surface area contributed by atoms with E-state index in [0.29, 0.717) is 5.03 Å². The fraction of sp³-hybridized carbons (Fsp3) is 0.500. The van der Waals surface area contributed by atoms with Crippen LogP contribution in [0, 0.1) is 0 Å². The first-order valence-corrected chi connectivity index (χ1v) is 3.03. The van der Waals surface area contributed by atoms with Crippen LogP contribution in [0.4, 0.5) is 0 Å². The Morgan fingerprint density at radius 1 is 1.57 bits per heavy atom. The normalized spacial score (nSPS) is 13.0. The molecule has 0 aliphatic heterocycles. The molecule has 0 unspecified atom stereocenters. The SMILES string of the molecule is C/C=C(\Cl)C(Cl)Cl. The van der Waals surface area contributed by atoms with E-state index >= 15 is 0 Å². The zero-order valence-corrected chi connectivity index (χ0v) is 6.06. The molecule has 0 heterocycles. The highest BCUT2D eigenvalue weighted by atomic mass is 35.5. The molecule has 0 aromatic heterocycles. The maximum Gasteiger partial charge on any atom is 0.142 e. The first kappa shape index (κ1) is 7.61. The molecule has 0 aromatic carbocycles. The predicted octanol–water partition coefficient (Wildman–Crippen LogP) is 2.93. The van der Waals surface area contributed by atoms with E-state index in [4.69, 9.17) is 34.8 Å². The molecule has 0 aromatic rings. The molecule has 3 heteroatoms. The van der Waals surface area contributed by atoms with Crippen molar-refractivity contribution in [1.82, 2.24) is 0 Å². The molecular formula is C4H5Cl3. The minimum absolute atomic E-state index is 0.475. The fourth-order valence-electron chi connectivity index (χ4n) is 0.126. The van der Waals surface area contributed by atoms with Crippen molar-refractivity contribution in [3.05, 3.63) is 11.1 Å². The number of rotatable bonds is 1. The van der Waals surface area contributed by atoms with Crippen LogP contribution in [0.2, 0.25) is 0 Å². The van der Waals surface area contributed by atoms with Gasteiger partial charge < -0.3 is 0 Å². The maximum absolute atomic E-state index is 5.40. The lowest BCUT2D eigenvalue weighted by atomic mass is 10.6. The lowest BCUT2D eigenvalue weighted by Gasteiger charge is -1.92. The summed E-state index contributed by atoms with van der Waals surface area (Å²) < 4.78 is 0. The quantitative estimate of drug-likeness (QED) is 0.516. The maximum atomic E-state index is 5.40. The minimum atomic E-state index is -0.563. The second-order valence-corrected chi connectivity index (χ2v) is 2.51. The minimum Gasteiger partial charge on any atom is -0.0991 e. The number of halogens is 3. The molecule has 0 aliphatic rings. The van der Waals surface area contributed by atoms with Crippen molar-refractivity contribution in [3.8, 4) is 0 Å². The van der Waals surface area contributed by atoms with Crippen molar-refractivity contribution in [2.45, 2.75) is 11.8 Å². The molecule has 0 amide bonds. The molecule has 0 fully saturated rings. The van der Waals surface area contributed by atoms with Gasteiger partial charge in [0.05, 0.1) is 0 Å². The predicted molar refractivity (Wildman–Crippen MR) is 35.1 cm³/mol. The number of alkyl halides is 2.